The summed E-state index contributed by atoms with van der Waals surface area (Å²) in [4.78, 5) is 0. The van der Waals surface area contributed by atoms with Gasteiger partial charge in [-0.2, -0.15) is 0 Å². The quantitative estimate of drug-likeness (QED) is 0.321. The van der Waals surface area contributed by atoms with Crippen molar-refractivity contribution in [3.8, 4) is 11.8 Å². The molecule has 0 nitrogen and oxygen atoms in total. The molecule has 1 aliphatic carbocycles. The van der Waals surface area contributed by atoms with Gasteiger partial charge in [0.25, 0.3) is 0 Å². The fraction of sp³-hybridized carbons (Fsp3) is 0.304. The van der Waals surface area contributed by atoms with Crippen LogP contribution in [0.4, 0.5) is 17.6 Å². The van der Waals surface area contributed by atoms with Crippen LogP contribution < -0.4 is 0 Å². The standard InChI is InChI=1S/C23H20F4/c1-2-3-15-4-8-17(9-5-15)18-13-21(25)19(22(26)14-18)10-6-16-7-11-20(24)23(27)12-16/h2-3,7,11-15,17H,4-5,8-9H2,1H3/t15-,17-. The van der Waals surface area contributed by atoms with Gasteiger partial charge in [-0.05, 0) is 80.3 Å². The summed E-state index contributed by atoms with van der Waals surface area (Å²) in [6.07, 6.45) is 8.05. The van der Waals surface area contributed by atoms with Gasteiger partial charge in [-0.15, -0.1) is 0 Å². The summed E-state index contributed by atoms with van der Waals surface area (Å²) in [6.45, 7) is 2.00. The van der Waals surface area contributed by atoms with Gasteiger partial charge in [-0.3, -0.25) is 0 Å². The highest BCUT2D eigenvalue weighted by molar-refractivity contribution is 5.45. The zero-order valence-electron chi connectivity index (χ0n) is 15.0. The van der Waals surface area contributed by atoms with Crippen molar-refractivity contribution < 1.29 is 17.6 Å². The van der Waals surface area contributed by atoms with Crippen LogP contribution >= 0.6 is 0 Å². The number of halogens is 4. The molecular formula is C23H20F4. The van der Waals surface area contributed by atoms with Crippen molar-refractivity contribution in [2.24, 2.45) is 5.92 Å². The molecule has 0 N–H and O–H groups in total. The number of benzene rings is 2. The van der Waals surface area contributed by atoms with E-state index in [0.29, 0.717) is 11.5 Å². The zero-order valence-corrected chi connectivity index (χ0v) is 15.0. The van der Waals surface area contributed by atoms with E-state index in [9.17, 15) is 17.6 Å². The van der Waals surface area contributed by atoms with E-state index in [2.05, 4.69) is 17.9 Å². The van der Waals surface area contributed by atoms with Crippen molar-refractivity contribution >= 4 is 0 Å². The van der Waals surface area contributed by atoms with Gasteiger partial charge in [0.15, 0.2) is 11.6 Å². The Balaban J connectivity index is 1.80. The van der Waals surface area contributed by atoms with Crippen molar-refractivity contribution in [1.82, 2.24) is 0 Å². The molecule has 27 heavy (non-hydrogen) atoms. The Morgan fingerprint density at radius 1 is 0.815 bits per heavy atom. The summed E-state index contributed by atoms with van der Waals surface area (Å²) in [6, 6.07) is 5.78. The van der Waals surface area contributed by atoms with Gasteiger partial charge in [0, 0.05) is 5.56 Å². The predicted molar refractivity (Wildman–Crippen MR) is 98.2 cm³/mol. The lowest BCUT2D eigenvalue weighted by Gasteiger charge is -2.27. The Kier molecular flexibility index (Phi) is 6.01. The predicted octanol–water partition coefficient (Wildman–Crippen LogP) is 6.49. The van der Waals surface area contributed by atoms with Crippen LogP contribution in [0.1, 0.15) is 55.2 Å². The number of allylic oxidation sites excluding steroid dienone is 2. The number of rotatable bonds is 2. The van der Waals surface area contributed by atoms with E-state index in [1.807, 2.05) is 13.0 Å². The highest BCUT2D eigenvalue weighted by Gasteiger charge is 2.22. The maximum absolute atomic E-state index is 14.4. The molecule has 3 rings (SSSR count). The zero-order chi connectivity index (χ0) is 19.4. The molecule has 4 heteroatoms. The first kappa shape index (κ1) is 19.2. The first-order valence-electron chi connectivity index (χ1n) is 9.06. The van der Waals surface area contributed by atoms with Crippen LogP contribution in [0.2, 0.25) is 0 Å². The average molecular weight is 372 g/mol. The third-order valence-corrected chi connectivity index (χ3v) is 5.02. The Hall–Kier alpha value is -2.54. The summed E-state index contributed by atoms with van der Waals surface area (Å²) in [5, 5.41) is 0. The summed E-state index contributed by atoms with van der Waals surface area (Å²) < 4.78 is 55.0. The molecule has 0 aliphatic heterocycles. The molecule has 0 bridgehead atoms. The monoisotopic (exact) mass is 372 g/mol. The molecule has 1 saturated carbocycles. The van der Waals surface area contributed by atoms with Gasteiger partial charge in [-0.25, -0.2) is 17.6 Å². The normalized spacial score (nSPS) is 19.7. The summed E-state index contributed by atoms with van der Waals surface area (Å²) in [7, 11) is 0. The molecule has 0 amide bonds. The van der Waals surface area contributed by atoms with Gasteiger partial charge in [0.05, 0.1) is 5.56 Å². The van der Waals surface area contributed by atoms with E-state index in [4.69, 9.17) is 0 Å². The van der Waals surface area contributed by atoms with Crippen LogP contribution in [0, 0.1) is 41.0 Å². The number of hydrogen-bond donors (Lipinski definition) is 0. The second-order valence-corrected chi connectivity index (χ2v) is 6.88. The molecule has 1 fully saturated rings. The van der Waals surface area contributed by atoms with Crippen LogP contribution in [0.25, 0.3) is 0 Å². The lowest BCUT2D eigenvalue weighted by molar-refractivity contribution is 0.374. The van der Waals surface area contributed by atoms with Gasteiger partial charge in [-0.1, -0.05) is 24.0 Å². The molecule has 1 aliphatic rings. The van der Waals surface area contributed by atoms with Crippen molar-refractivity contribution in [1.29, 1.82) is 0 Å². The van der Waals surface area contributed by atoms with Crippen LogP contribution in [-0.4, -0.2) is 0 Å². The van der Waals surface area contributed by atoms with E-state index in [0.717, 1.165) is 37.8 Å². The van der Waals surface area contributed by atoms with Crippen LogP contribution in [0.15, 0.2) is 42.5 Å². The molecule has 140 valence electrons. The van der Waals surface area contributed by atoms with E-state index in [-0.39, 0.29) is 17.0 Å². The fourth-order valence-electron chi connectivity index (χ4n) is 3.57. The van der Waals surface area contributed by atoms with Gasteiger partial charge in [0.1, 0.15) is 11.6 Å². The van der Waals surface area contributed by atoms with Crippen molar-refractivity contribution in [3.63, 3.8) is 0 Å². The minimum atomic E-state index is -1.05. The lowest BCUT2D eigenvalue weighted by Crippen LogP contribution is -2.12. The number of hydrogen-bond acceptors (Lipinski definition) is 0. The van der Waals surface area contributed by atoms with Gasteiger partial charge >= 0.3 is 0 Å². The molecule has 2 aromatic rings. The minimum absolute atomic E-state index is 0.142. The Morgan fingerprint density at radius 3 is 2.07 bits per heavy atom. The third-order valence-electron chi connectivity index (χ3n) is 5.02. The molecule has 0 spiro atoms. The van der Waals surface area contributed by atoms with E-state index in [1.165, 1.54) is 18.2 Å². The molecule has 0 aromatic heterocycles. The minimum Gasteiger partial charge on any atom is -0.206 e. The maximum atomic E-state index is 14.4. The molecule has 0 atom stereocenters. The van der Waals surface area contributed by atoms with Crippen molar-refractivity contribution in [2.75, 3.05) is 0 Å². The Morgan fingerprint density at radius 2 is 1.48 bits per heavy atom. The SMILES string of the molecule is CC=C[C@H]1CC[C@H](c2cc(F)c(C#Cc3ccc(F)c(F)c3)c(F)c2)CC1. The second-order valence-electron chi connectivity index (χ2n) is 6.88. The van der Waals surface area contributed by atoms with Crippen LogP contribution in [0.3, 0.4) is 0 Å². The topological polar surface area (TPSA) is 0 Å². The maximum Gasteiger partial charge on any atom is 0.160 e. The molecule has 0 saturated heterocycles. The Labute approximate surface area is 156 Å². The summed E-state index contributed by atoms with van der Waals surface area (Å²) in [5.41, 5.74) is 0.451. The van der Waals surface area contributed by atoms with Gasteiger partial charge < -0.3 is 0 Å². The first-order chi connectivity index (χ1) is 13.0. The lowest BCUT2D eigenvalue weighted by atomic mass is 9.78. The summed E-state index contributed by atoms with van der Waals surface area (Å²) >= 11 is 0. The van der Waals surface area contributed by atoms with E-state index in [1.54, 1.807) is 0 Å². The molecule has 0 unspecified atom stereocenters. The molecule has 0 radical (unpaired) electrons. The van der Waals surface area contributed by atoms with Crippen molar-refractivity contribution in [3.05, 3.63) is 82.4 Å². The fourth-order valence-corrected chi connectivity index (χ4v) is 3.57. The molecule has 0 heterocycles. The largest absolute Gasteiger partial charge is 0.206 e. The van der Waals surface area contributed by atoms with Crippen LogP contribution in [0.5, 0.6) is 0 Å². The van der Waals surface area contributed by atoms with Gasteiger partial charge in [0.2, 0.25) is 0 Å². The highest BCUT2D eigenvalue weighted by Crippen LogP contribution is 2.37. The first-order valence-corrected chi connectivity index (χ1v) is 9.06. The summed E-state index contributed by atoms with van der Waals surface area (Å²) in [5.74, 6) is 2.08. The smallest absolute Gasteiger partial charge is 0.160 e. The molecular weight excluding hydrogens is 352 g/mol. The highest BCUT2D eigenvalue weighted by atomic mass is 19.2. The van der Waals surface area contributed by atoms with Crippen LogP contribution in [-0.2, 0) is 0 Å². The third kappa shape index (κ3) is 4.60. The Bertz CT molecular complexity index is 887. The van der Waals surface area contributed by atoms with Crippen molar-refractivity contribution in [2.45, 2.75) is 38.5 Å². The molecule has 2 aromatic carbocycles. The van der Waals surface area contributed by atoms with E-state index >= 15 is 0 Å². The average Bonchev–Trinajstić information content (AvgIpc) is 2.64. The van der Waals surface area contributed by atoms with E-state index < -0.39 is 23.3 Å². The second kappa shape index (κ2) is 8.43.